The molecule has 0 atom stereocenters. The van der Waals surface area contributed by atoms with Gasteiger partial charge in [0.1, 0.15) is 54.3 Å². The SMILES string of the molecule is COC(=O)c1ccccc1S(=O)(=O)Nc1ccc(OCCOc2ccccc2CCC(=O)O)cc1.Cc1cccc(S(=O)(=O)Nc2ccc(OCCOc3ccccc3CCC(=O)O)cc2)c1. The van der Waals surface area contributed by atoms with Gasteiger partial charge in [0.15, 0.2) is 0 Å². The molecule has 352 valence electrons. The number of rotatable bonds is 23. The van der Waals surface area contributed by atoms with Crippen molar-refractivity contribution < 1.29 is 65.1 Å². The third-order valence-electron chi connectivity index (χ3n) is 9.48. The van der Waals surface area contributed by atoms with Crippen molar-refractivity contribution in [2.45, 2.75) is 42.4 Å². The van der Waals surface area contributed by atoms with Gasteiger partial charge in [0.2, 0.25) is 0 Å². The third-order valence-corrected chi connectivity index (χ3v) is 12.3. The monoisotopic (exact) mass is 954 g/mol. The Morgan fingerprint density at radius 2 is 0.970 bits per heavy atom. The minimum Gasteiger partial charge on any atom is -0.490 e. The molecule has 0 spiro atoms. The van der Waals surface area contributed by atoms with E-state index in [0.29, 0.717) is 47.2 Å². The summed E-state index contributed by atoms with van der Waals surface area (Å²) in [5, 5.41) is 17.7. The second kappa shape index (κ2) is 24.6. The Hall–Kier alpha value is -7.57. The Morgan fingerprint density at radius 3 is 1.45 bits per heavy atom. The van der Waals surface area contributed by atoms with Crippen LogP contribution in [-0.2, 0) is 47.2 Å². The molecule has 0 radical (unpaired) electrons. The summed E-state index contributed by atoms with van der Waals surface area (Å²) in [5.74, 6) is -0.153. The summed E-state index contributed by atoms with van der Waals surface area (Å²) < 4.78 is 83.0. The van der Waals surface area contributed by atoms with Gasteiger partial charge in [-0.05, 0) is 121 Å². The molecule has 0 heterocycles. The number of hydrogen-bond donors (Lipinski definition) is 4. The molecule has 16 nitrogen and oxygen atoms in total. The number of aliphatic carboxylic acids is 2. The lowest BCUT2D eigenvalue weighted by Crippen LogP contribution is -2.17. The van der Waals surface area contributed by atoms with Crippen LogP contribution in [0.15, 0.2) is 155 Å². The maximum absolute atomic E-state index is 12.8. The molecule has 18 heteroatoms. The number of carbonyl (C=O) groups is 3. The Bertz CT molecular complexity index is 2820. The van der Waals surface area contributed by atoms with Gasteiger partial charge in [-0.15, -0.1) is 0 Å². The van der Waals surface area contributed by atoms with Crippen LogP contribution in [0.1, 0.15) is 39.9 Å². The van der Waals surface area contributed by atoms with Crippen LogP contribution in [0.4, 0.5) is 11.4 Å². The first-order chi connectivity index (χ1) is 32.1. The lowest BCUT2D eigenvalue weighted by atomic mass is 10.1. The Kier molecular flexibility index (Phi) is 18.5. The molecular formula is C49H50N2O14S2. The number of anilines is 2. The van der Waals surface area contributed by atoms with Crippen molar-refractivity contribution >= 4 is 49.3 Å². The minimum atomic E-state index is -4.03. The highest BCUT2D eigenvalue weighted by atomic mass is 32.2. The van der Waals surface area contributed by atoms with Gasteiger partial charge < -0.3 is 33.9 Å². The van der Waals surface area contributed by atoms with E-state index in [0.717, 1.165) is 16.7 Å². The van der Waals surface area contributed by atoms with E-state index in [2.05, 4.69) is 14.2 Å². The molecule has 0 unspecified atom stereocenters. The van der Waals surface area contributed by atoms with E-state index < -0.39 is 38.0 Å². The summed E-state index contributed by atoms with van der Waals surface area (Å²) in [5.41, 5.74) is 3.17. The molecular weight excluding hydrogens is 905 g/mol. The lowest BCUT2D eigenvalue weighted by molar-refractivity contribution is -0.138. The zero-order valence-corrected chi connectivity index (χ0v) is 38.3. The summed E-state index contributed by atoms with van der Waals surface area (Å²) in [4.78, 5) is 33.5. The second-order valence-electron chi connectivity index (χ2n) is 14.5. The van der Waals surface area contributed by atoms with Crippen molar-refractivity contribution in [2.24, 2.45) is 0 Å². The van der Waals surface area contributed by atoms with Crippen molar-refractivity contribution in [3.8, 4) is 23.0 Å². The maximum atomic E-state index is 12.8. The van der Waals surface area contributed by atoms with Crippen LogP contribution < -0.4 is 28.4 Å². The number of carboxylic acids is 2. The van der Waals surface area contributed by atoms with E-state index >= 15 is 0 Å². The van der Waals surface area contributed by atoms with Gasteiger partial charge >= 0.3 is 17.9 Å². The quantitative estimate of drug-likeness (QED) is 0.0352. The number of sulfonamides is 2. The number of methoxy groups -OCH3 is 1. The molecule has 0 amide bonds. The van der Waals surface area contributed by atoms with Gasteiger partial charge in [-0.2, -0.15) is 0 Å². The molecule has 0 aromatic heterocycles. The largest absolute Gasteiger partial charge is 0.490 e. The summed E-state index contributed by atoms with van der Waals surface area (Å²) in [6.45, 7) is 2.87. The van der Waals surface area contributed by atoms with Crippen LogP contribution in [0.25, 0.3) is 0 Å². The van der Waals surface area contributed by atoms with Crippen LogP contribution in [0.2, 0.25) is 0 Å². The molecule has 0 saturated carbocycles. The molecule has 6 aromatic rings. The summed E-state index contributed by atoms with van der Waals surface area (Å²) >= 11 is 0. The second-order valence-corrected chi connectivity index (χ2v) is 17.8. The van der Waals surface area contributed by atoms with Crippen molar-refractivity contribution in [1.29, 1.82) is 0 Å². The summed E-state index contributed by atoms with van der Waals surface area (Å²) in [6, 6.07) is 39.9. The van der Waals surface area contributed by atoms with Crippen LogP contribution in [0.3, 0.4) is 0 Å². The molecule has 6 rings (SSSR count). The van der Waals surface area contributed by atoms with E-state index in [1.165, 1.54) is 37.4 Å². The van der Waals surface area contributed by atoms with Gasteiger partial charge in [0, 0.05) is 24.2 Å². The topological polar surface area (TPSA) is 230 Å². The number of carboxylic acid groups (broad SMARTS) is 2. The van der Waals surface area contributed by atoms with E-state index in [9.17, 15) is 31.2 Å². The normalized spacial score (nSPS) is 11.0. The van der Waals surface area contributed by atoms with Gasteiger partial charge in [0.05, 0.1) is 17.6 Å². The van der Waals surface area contributed by atoms with Gasteiger partial charge in [0.25, 0.3) is 20.0 Å². The number of para-hydroxylation sites is 2. The predicted molar refractivity (Wildman–Crippen MR) is 250 cm³/mol. The summed E-state index contributed by atoms with van der Waals surface area (Å²) in [7, 11) is -6.51. The number of ether oxygens (including phenoxy) is 5. The molecule has 0 aliphatic heterocycles. The molecule has 0 bridgehead atoms. The Balaban J connectivity index is 0.000000252. The highest BCUT2D eigenvalue weighted by Crippen LogP contribution is 2.25. The highest BCUT2D eigenvalue weighted by Gasteiger charge is 2.23. The van der Waals surface area contributed by atoms with E-state index in [-0.39, 0.29) is 54.6 Å². The van der Waals surface area contributed by atoms with Crippen molar-refractivity contribution in [3.63, 3.8) is 0 Å². The Labute approximate surface area is 389 Å². The van der Waals surface area contributed by atoms with Gasteiger partial charge in [-0.1, -0.05) is 60.7 Å². The number of carbonyl (C=O) groups excluding carboxylic acids is 1. The first-order valence-electron chi connectivity index (χ1n) is 20.7. The molecule has 0 saturated heterocycles. The number of benzene rings is 6. The zero-order chi connectivity index (χ0) is 48.2. The highest BCUT2D eigenvalue weighted by molar-refractivity contribution is 7.93. The predicted octanol–water partition coefficient (Wildman–Crippen LogP) is 8.02. The number of hydrogen-bond acceptors (Lipinski definition) is 12. The fourth-order valence-electron chi connectivity index (χ4n) is 6.23. The minimum absolute atomic E-state index is 0.0151. The molecule has 0 aliphatic rings. The molecule has 67 heavy (non-hydrogen) atoms. The molecule has 0 fully saturated rings. The van der Waals surface area contributed by atoms with Crippen LogP contribution in [0.5, 0.6) is 23.0 Å². The smallest absolute Gasteiger partial charge is 0.339 e. The maximum Gasteiger partial charge on any atom is 0.339 e. The molecule has 4 N–H and O–H groups in total. The van der Waals surface area contributed by atoms with E-state index in [1.54, 1.807) is 72.8 Å². The average Bonchev–Trinajstić information content (AvgIpc) is 3.31. The van der Waals surface area contributed by atoms with Crippen molar-refractivity contribution in [1.82, 2.24) is 0 Å². The fraction of sp³-hybridized carbons (Fsp3) is 0.204. The van der Waals surface area contributed by atoms with Crippen LogP contribution in [-0.4, -0.2) is 78.5 Å². The van der Waals surface area contributed by atoms with Crippen LogP contribution in [0, 0.1) is 6.92 Å². The zero-order valence-electron chi connectivity index (χ0n) is 36.6. The van der Waals surface area contributed by atoms with Crippen molar-refractivity contribution in [2.75, 3.05) is 43.0 Å². The molecule has 6 aromatic carbocycles. The summed E-state index contributed by atoms with van der Waals surface area (Å²) in [6.07, 6.45) is 0.818. The average molecular weight is 955 g/mol. The van der Waals surface area contributed by atoms with E-state index in [4.69, 9.17) is 29.2 Å². The van der Waals surface area contributed by atoms with Gasteiger partial charge in [-0.25, -0.2) is 21.6 Å². The standard InChI is InChI=1S/C25H25NO8S.C24H25NO6S/c1-32-25(29)21-7-3-5-9-23(21)35(30,31)26-19-11-13-20(14-12-19)33-16-17-34-22-8-4-2-6-18(22)10-15-24(27)28;1-18-5-4-7-22(17-18)32(28,29)25-20-10-12-21(13-11-20)30-15-16-31-23-8-3-2-6-19(23)9-14-24(26)27/h2-9,11-14,26H,10,15-17H2,1H3,(H,27,28);2-8,10-13,17,25H,9,14-16H2,1H3,(H,26,27). The van der Waals surface area contributed by atoms with Gasteiger partial charge in [-0.3, -0.25) is 19.0 Å². The number of nitrogens with one attached hydrogen (secondary N) is 2. The number of aryl methyl sites for hydroxylation is 3. The van der Waals surface area contributed by atoms with Crippen LogP contribution >= 0.6 is 0 Å². The fourth-order valence-corrected chi connectivity index (χ4v) is 8.65. The Morgan fingerprint density at radius 1 is 0.522 bits per heavy atom. The third kappa shape index (κ3) is 16.1. The first-order valence-corrected chi connectivity index (χ1v) is 23.7. The first kappa shape index (κ1) is 50.4. The molecule has 0 aliphatic carbocycles. The van der Waals surface area contributed by atoms with E-state index in [1.807, 2.05) is 49.4 Å². The number of esters is 1. The van der Waals surface area contributed by atoms with Crippen molar-refractivity contribution in [3.05, 3.63) is 168 Å². The lowest BCUT2D eigenvalue weighted by Gasteiger charge is -2.13.